The predicted octanol–water partition coefficient (Wildman–Crippen LogP) is 4.11. The molecule has 1 aromatic heterocycles. The Bertz CT molecular complexity index is 1020. The molecule has 1 saturated carbocycles. The molecule has 0 saturated heterocycles. The molecule has 1 fully saturated rings. The van der Waals surface area contributed by atoms with Crippen molar-refractivity contribution in [2.45, 2.75) is 83.6 Å². The maximum absolute atomic E-state index is 13.3. The van der Waals surface area contributed by atoms with E-state index in [-0.39, 0.29) is 23.4 Å². The van der Waals surface area contributed by atoms with Crippen LogP contribution in [0, 0.1) is 17.7 Å². The predicted molar refractivity (Wildman–Crippen MR) is 134 cm³/mol. The number of rotatable bonds is 9. The van der Waals surface area contributed by atoms with Gasteiger partial charge in [-0.2, -0.15) is 0 Å². The Labute approximate surface area is 207 Å². The van der Waals surface area contributed by atoms with Gasteiger partial charge < -0.3 is 20.5 Å². The van der Waals surface area contributed by atoms with Gasteiger partial charge in [0.2, 0.25) is 11.8 Å². The zero-order chi connectivity index (χ0) is 25.2. The lowest BCUT2D eigenvalue weighted by Crippen LogP contribution is -2.54. The van der Waals surface area contributed by atoms with Gasteiger partial charge in [0.1, 0.15) is 11.4 Å². The Morgan fingerprint density at radius 3 is 2.54 bits per heavy atom. The molecule has 1 aliphatic carbocycles. The number of hydrogen-bond donors (Lipinski definition) is 3. The standard InChI is InChI=1S/C28H38FN3O3/c1-17(2)9-21-10-23-25(14-28(12-18(3)13-28)35-27(23)31-15-21)30-16-26(34)24(32-19(4)33)11-20-5-7-22(29)8-6-20/h5-8,10,15,17-18,24-26,30,34H,9,11-14,16H2,1-4H3,(H,32,33)/t18?,24-,25+,26-,28?/m1/s1. The fraction of sp³-hybridized carbons (Fsp3) is 0.571. The van der Waals surface area contributed by atoms with Crippen molar-refractivity contribution in [1.29, 1.82) is 0 Å². The lowest BCUT2D eigenvalue weighted by molar-refractivity contribution is -0.120. The zero-order valence-electron chi connectivity index (χ0n) is 21.2. The summed E-state index contributed by atoms with van der Waals surface area (Å²) in [5.74, 6) is 1.32. The van der Waals surface area contributed by atoms with Crippen molar-refractivity contribution in [3.63, 3.8) is 0 Å². The van der Waals surface area contributed by atoms with Crippen molar-refractivity contribution in [2.75, 3.05) is 6.54 Å². The highest BCUT2D eigenvalue weighted by Gasteiger charge is 2.49. The second-order valence-corrected chi connectivity index (χ2v) is 11.0. The number of pyridine rings is 1. The lowest BCUT2D eigenvalue weighted by atomic mass is 9.67. The number of aromatic nitrogens is 1. The average molecular weight is 484 g/mol. The van der Waals surface area contributed by atoms with E-state index >= 15 is 0 Å². The molecule has 0 unspecified atom stereocenters. The van der Waals surface area contributed by atoms with Crippen LogP contribution in [0.3, 0.4) is 0 Å². The number of nitrogens with zero attached hydrogens (tertiary/aromatic N) is 1. The SMILES string of the molecule is CC(=O)N[C@H](Cc1ccc(F)cc1)[C@H](O)CN[C@H]1CC2(CC(C)C2)Oc2ncc(CC(C)C)cc21. The third-order valence-corrected chi connectivity index (χ3v) is 7.08. The van der Waals surface area contributed by atoms with E-state index in [0.717, 1.165) is 36.8 Å². The fourth-order valence-corrected chi connectivity index (χ4v) is 5.63. The Hall–Kier alpha value is -2.51. The van der Waals surface area contributed by atoms with Gasteiger partial charge in [-0.05, 0) is 66.8 Å². The summed E-state index contributed by atoms with van der Waals surface area (Å²) in [6.45, 7) is 8.36. The minimum Gasteiger partial charge on any atom is -0.471 e. The molecule has 2 heterocycles. The molecule has 1 aliphatic heterocycles. The van der Waals surface area contributed by atoms with Crippen LogP contribution in [0.25, 0.3) is 0 Å². The van der Waals surface area contributed by atoms with E-state index in [2.05, 4.69) is 42.5 Å². The Kier molecular flexibility index (Phi) is 7.77. The van der Waals surface area contributed by atoms with Crippen molar-refractivity contribution >= 4 is 5.91 Å². The lowest BCUT2D eigenvalue weighted by Gasteiger charge is -2.50. The van der Waals surface area contributed by atoms with Crippen LogP contribution in [0.2, 0.25) is 0 Å². The van der Waals surface area contributed by atoms with Crippen LogP contribution in [-0.4, -0.2) is 40.3 Å². The van der Waals surface area contributed by atoms with Gasteiger partial charge in [-0.25, -0.2) is 9.37 Å². The van der Waals surface area contributed by atoms with Gasteiger partial charge in [0.05, 0.1) is 12.1 Å². The number of aliphatic hydroxyl groups excluding tert-OH is 1. The molecule has 1 aromatic carbocycles. The number of hydrogen-bond acceptors (Lipinski definition) is 5. The van der Waals surface area contributed by atoms with Crippen molar-refractivity contribution in [2.24, 2.45) is 11.8 Å². The molecule has 0 radical (unpaired) electrons. The number of amides is 1. The Morgan fingerprint density at radius 2 is 1.91 bits per heavy atom. The summed E-state index contributed by atoms with van der Waals surface area (Å²) in [5.41, 5.74) is 2.87. The van der Waals surface area contributed by atoms with E-state index in [1.807, 2.05) is 6.20 Å². The molecule has 2 aliphatic rings. The monoisotopic (exact) mass is 483 g/mol. The first kappa shape index (κ1) is 25.6. The Balaban J connectivity index is 1.49. The highest BCUT2D eigenvalue weighted by atomic mass is 19.1. The molecule has 35 heavy (non-hydrogen) atoms. The summed E-state index contributed by atoms with van der Waals surface area (Å²) in [6, 6.07) is 7.85. The van der Waals surface area contributed by atoms with Crippen LogP contribution in [0.1, 0.15) is 69.7 Å². The number of nitrogens with one attached hydrogen (secondary N) is 2. The molecule has 3 atom stereocenters. The third-order valence-electron chi connectivity index (χ3n) is 7.08. The second-order valence-electron chi connectivity index (χ2n) is 11.0. The molecule has 6 nitrogen and oxygen atoms in total. The van der Waals surface area contributed by atoms with Crippen LogP contribution >= 0.6 is 0 Å². The maximum Gasteiger partial charge on any atom is 0.218 e. The minimum absolute atomic E-state index is 0.00399. The van der Waals surface area contributed by atoms with Crippen LogP contribution in [0.5, 0.6) is 5.88 Å². The maximum atomic E-state index is 13.3. The van der Waals surface area contributed by atoms with E-state index in [1.165, 1.54) is 24.6 Å². The molecular weight excluding hydrogens is 445 g/mol. The van der Waals surface area contributed by atoms with E-state index in [0.29, 0.717) is 30.7 Å². The number of benzene rings is 1. The van der Waals surface area contributed by atoms with E-state index in [9.17, 15) is 14.3 Å². The number of aliphatic hydroxyl groups is 1. The first-order valence-corrected chi connectivity index (χ1v) is 12.7. The molecule has 1 spiro atoms. The van der Waals surface area contributed by atoms with E-state index in [4.69, 9.17) is 4.74 Å². The molecule has 2 aromatic rings. The summed E-state index contributed by atoms with van der Waals surface area (Å²) in [6.07, 6.45) is 5.28. The summed E-state index contributed by atoms with van der Waals surface area (Å²) in [7, 11) is 0. The van der Waals surface area contributed by atoms with Gasteiger partial charge in [-0.15, -0.1) is 0 Å². The van der Waals surface area contributed by atoms with Crippen LogP contribution in [0.4, 0.5) is 4.39 Å². The van der Waals surface area contributed by atoms with Crippen LogP contribution in [-0.2, 0) is 17.6 Å². The van der Waals surface area contributed by atoms with Crippen molar-refractivity contribution < 1.29 is 19.0 Å². The smallest absolute Gasteiger partial charge is 0.218 e. The first-order chi connectivity index (χ1) is 16.6. The molecule has 190 valence electrons. The van der Waals surface area contributed by atoms with Crippen molar-refractivity contribution in [1.82, 2.24) is 15.6 Å². The van der Waals surface area contributed by atoms with Gasteiger partial charge in [-0.3, -0.25) is 4.79 Å². The highest BCUT2D eigenvalue weighted by Crippen LogP contribution is 2.50. The van der Waals surface area contributed by atoms with E-state index in [1.54, 1.807) is 12.1 Å². The fourth-order valence-electron chi connectivity index (χ4n) is 5.63. The molecule has 4 rings (SSSR count). The quantitative estimate of drug-likeness (QED) is 0.500. The number of carbonyl (C=O) groups excluding carboxylic acids is 1. The van der Waals surface area contributed by atoms with Gasteiger partial charge in [0, 0.05) is 37.7 Å². The number of fused-ring (bicyclic) bond motifs is 1. The summed E-state index contributed by atoms with van der Waals surface area (Å²) in [5, 5.41) is 17.5. The second kappa shape index (κ2) is 10.6. The molecule has 1 amide bonds. The number of ether oxygens (including phenoxy) is 1. The largest absolute Gasteiger partial charge is 0.471 e. The number of halogens is 1. The highest BCUT2D eigenvalue weighted by molar-refractivity contribution is 5.73. The minimum atomic E-state index is -0.821. The summed E-state index contributed by atoms with van der Waals surface area (Å²) < 4.78 is 19.7. The summed E-state index contributed by atoms with van der Waals surface area (Å²) in [4.78, 5) is 16.5. The Morgan fingerprint density at radius 1 is 1.20 bits per heavy atom. The zero-order valence-corrected chi connectivity index (χ0v) is 21.2. The average Bonchev–Trinajstić information content (AvgIpc) is 2.77. The van der Waals surface area contributed by atoms with Crippen molar-refractivity contribution in [3.8, 4) is 5.88 Å². The molecular formula is C28H38FN3O3. The number of carbonyl (C=O) groups is 1. The molecule has 0 bridgehead atoms. The first-order valence-electron chi connectivity index (χ1n) is 12.7. The van der Waals surface area contributed by atoms with Crippen molar-refractivity contribution in [3.05, 3.63) is 59.0 Å². The van der Waals surface area contributed by atoms with Gasteiger partial charge in [-0.1, -0.05) is 32.9 Å². The topological polar surface area (TPSA) is 83.5 Å². The summed E-state index contributed by atoms with van der Waals surface area (Å²) >= 11 is 0. The van der Waals surface area contributed by atoms with Gasteiger partial charge in [0.15, 0.2) is 0 Å². The normalized spacial score (nSPS) is 24.9. The van der Waals surface area contributed by atoms with Crippen LogP contribution < -0.4 is 15.4 Å². The van der Waals surface area contributed by atoms with Crippen LogP contribution in [0.15, 0.2) is 36.5 Å². The van der Waals surface area contributed by atoms with E-state index < -0.39 is 12.1 Å². The third kappa shape index (κ3) is 6.39. The van der Waals surface area contributed by atoms with Gasteiger partial charge in [0.25, 0.3) is 0 Å². The molecule has 3 N–H and O–H groups in total. The van der Waals surface area contributed by atoms with Gasteiger partial charge >= 0.3 is 0 Å². The molecule has 7 heteroatoms.